The van der Waals surface area contributed by atoms with Gasteiger partial charge in [0.25, 0.3) is 0 Å². The largest absolute Gasteiger partial charge is 0.454 e. The van der Waals surface area contributed by atoms with Crippen LogP contribution in [0.1, 0.15) is 11.1 Å². The Morgan fingerprint density at radius 1 is 1.28 bits per heavy atom. The Morgan fingerprint density at radius 2 is 2.06 bits per heavy atom. The number of benzene rings is 2. The van der Waals surface area contributed by atoms with Gasteiger partial charge in [0.2, 0.25) is 0 Å². The fraction of sp³-hybridized carbons (Fsp3) is 0.0714. The molecule has 4 heteroatoms. The molecule has 2 aromatic carbocycles. The van der Waals surface area contributed by atoms with E-state index in [0.717, 1.165) is 0 Å². The lowest BCUT2D eigenvalue weighted by Crippen LogP contribution is -1.92. The monoisotopic (exact) mass is 261 g/mol. The number of halogens is 2. The molecule has 18 heavy (non-hydrogen) atoms. The zero-order valence-corrected chi connectivity index (χ0v) is 10.3. The van der Waals surface area contributed by atoms with Gasteiger partial charge in [-0.25, -0.2) is 4.39 Å². The van der Waals surface area contributed by atoms with E-state index in [1.807, 2.05) is 6.07 Å². The van der Waals surface area contributed by atoms with Crippen LogP contribution in [0.3, 0.4) is 0 Å². The normalized spacial score (nSPS) is 9.89. The van der Waals surface area contributed by atoms with E-state index < -0.39 is 5.82 Å². The summed E-state index contributed by atoms with van der Waals surface area (Å²) in [7, 11) is 0. The quantitative estimate of drug-likeness (QED) is 0.800. The molecular formula is C14H9ClFNO. The maximum Gasteiger partial charge on any atom is 0.165 e. The van der Waals surface area contributed by atoms with E-state index in [-0.39, 0.29) is 5.75 Å². The number of ether oxygens (including phenoxy) is 1. The van der Waals surface area contributed by atoms with E-state index in [2.05, 4.69) is 0 Å². The van der Waals surface area contributed by atoms with E-state index in [1.165, 1.54) is 24.3 Å². The molecule has 90 valence electrons. The molecule has 0 N–H and O–H groups in total. The average molecular weight is 262 g/mol. The lowest BCUT2D eigenvalue weighted by Gasteiger charge is -2.10. The van der Waals surface area contributed by atoms with E-state index in [1.54, 1.807) is 19.1 Å². The summed E-state index contributed by atoms with van der Waals surface area (Å²) in [6.45, 7) is 1.74. The minimum Gasteiger partial charge on any atom is -0.454 e. The Labute approximate surface area is 109 Å². The van der Waals surface area contributed by atoms with Crippen molar-refractivity contribution in [1.82, 2.24) is 0 Å². The van der Waals surface area contributed by atoms with E-state index in [0.29, 0.717) is 21.9 Å². The smallest absolute Gasteiger partial charge is 0.165 e. The highest BCUT2D eigenvalue weighted by Gasteiger charge is 2.09. The highest BCUT2D eigenvalue weighted by Crippen LogP contribution is 2.30. The first-order chi connectivity index (χ1) is 8.60. The molecule has 0 radical (unpaired) electrons. The third kappa shape index (κ3) is 2.61. The van der Waals surface area contributed by atoms with Crippen molar-refractivity contribution in [2.45, 2.75) is 6.92 Å². The first kappa shape index (κ1) is 12.4. The third-order valence-corrected chi connectivity index (χ3v) is 2.60. The van der Waals surface area contributed by atoms with Gasteiger partial charge in [-0.2, -0.15) is 5.26 Å². The summed E-state index contributed by atoms with van der Waals surface area (Å²) >= 11 is 5.85. The molecule has 2 nitrogen and oxygen atoms in total. The minimum absolute atomic E-state index is 0.142. The number of hydrogen-bond acceptors (Lipinski definition) is 2. The molecule has 0 saturated carbocycles. The maximum absolute atomic E-state index is 13.6. The molecule has 2 rings (SSSR count). The van der Waals surface area contributed by atoms with Gasteiger partial charge in [-0.3, -0.25) is 0 Å². The van der Waals surface area contributed by atoms with Crippen molar-refractivity contribution in [3.8, 4) is 17.6 Å². The number of nitriles is 1. The van der Waals surface area contributed by atoms with Crippen LogP contribution in [0.5, 0.6) is 11.5 Å². The van der Waals surface area contributed by atoms with Crippen LogP contribution in [0.15, 0.2) is 36.4 Å². The molecule has 0 unspecified atom stereocenters. The number of nitrogens with zero attached hydrogens (tertiary/aromatic N) is 1. The van der Waals surface area contributed by atoms with Gasteiger partial charge in [-0.15, -0.1) is 0 Å². The number of para-hydroxylation sites is 1. The molecular weight excluding hydrogens is 253 g/mol. The van der Waals surface area contributed by atoms with Crippen LogP contribution in [0.2, 0.25) is 5.02 Å². The number of hydrogen-bond donors (Lipinski definition) is 0. The fourth-order valence-corrected chi connectivity index (χ4v) is 1.78. The molecule has 0 heterocycles. The van der Waals surface area contributed by atoms with Crippen LogP contribution < -0.4 is 4.74 Å². The number of aryl methyl sites for hydroxylation is 1. The molecule has 0 aromatic heterocycles. The molecule has 0 atom stereocenters. The second-order valence-electron chi connectivity index (χ2n) is 3.78. The topological polar surface area (TPSA) is 33.0 Å². The van der Waals surface area contributed by atoms with Gasteiger partial charge < -0.3 is 4.74 Å². The molecule has 0 spiro atoms. The second-order valence-corrected chi connectivity index (χ2v) is 4.21. The zero-order chi connectivity index (χ0) is 13.1. The average Bonchev–Trinajstić information content (AvgIpc) is 2.33. The standard InChI is InChI=1S/C14H9ClFNO/c1-9-3-2-4-13(16)14(9)18-12-6-10(8-17)5-11(15)7-12/h2-7H,1H3. The van der Waals surface area contributed by atoms with Crippen LogP contribution in [-0.2, 0) is 0 Å². The Morgan fingerprint density at radius 3 is 2.72 bits per heavy atom. The zero-order valence-electron chi connectivity index (χ0n) is 9.58. The SMILES string of the molecule is Cc1cccc(F)c1Oc1cc(Cl)cc(C#N)c1. The lowest BCUT2D eigenvalue weighted by atomic mass is 10.2. The molecule has 2 aromatic rings. The van der Waals surface area contributed by atoms with Crippen molar-refractivity contribution in [3.05, 3.63) is 58.4 Å². The maximum atomic E-state index is 13.6. The highest BCUT2D eigenvalue weighted by molar-refractivity contribution is 6.30. The van der Waals surface area contributed by atoms with Gasteiger partial charge in [-0.05, 0) is 36.8 Å². The van der Waals surface area contributed by atoms with Gasteiger partial charge in [0.15, 0.2) is 11.6 Å². The fourth-order valence-electron chi connectivity index (χ4n) is 1.55. The Bertz CT molecular complexity index is 614. The van der Waals surface area contributed by atoms with Crippen molar-refractivity contribution in [3.63, 3.8) is 0 Å². The summed E-state index contributed by atoms with van der Waals surface area (Å²) < 4.78 is 19.0. The van der Waals surface area contributed by atoms with E-state index in [4.69, 9.17) is 21.6 Å². The molecule has 0 aliphatic rings. The van der Waals surface area contributed by atoms with Crippen molar-refractivity contribution in [2.24, 2.45) is 0 Å². The predicted molar refractivity (Wildman–Crippen MR) is 67.4 cm³/mol. The second kappa shape index (κ2) is 5.07. The Balaban J connectivity index is 2.40. The van der Waals surface area contributed by atoms with Crippen molar-refractivity contribution >= 4 is 11.6 Å². The summed E-state index contributed by atoms with van der Waals surface area (Å²) in [6, 6.07) is 11.2. The van der Waals surface area contributed by atoms with Gasteiger partial charge in [0.1, 0.15) is 5.75 Å². The molecule has 0 fully saturated rings. The van der Waals surface area contributed by atoms with E-state index >= 15 is 0 Å². The van der Waals surface area contributed by atoms with Crippen LogP contribution >= 0.6 is 11.6 Å². The van der Waals surface area contributed by atoms with Crippen LogP contribution in [-0.4, -0.2) is 0 Å². The van der Waals surface area contributed by atoms with Crippen LogP contribution in [0, 0.1) is 24.1 Å². The van der Waals surface area contributed by atoms with Crippen LogP contribution in [0.4, 0.5) is 4.39 Å². The van der Waals surface area contributed by atoms with Gasteiger partial charge in [-0.1, -0.05) is 23.7 Å². The summed E-state index contributed by atoms with van der Waals surface area (Å²) in [4.78, 5) is 0. The van der Waals surface area contributed by atoms with E-state index in [9.17, 15) is 4.39 Å². The summed E-state index contributed by atoms with van der Waals surface area (Å²) in [5, 5.41) is 9.20. The third-order valence-electron chi connectivity index (χ3n) is 2.38. The van der Waals surface area contributed by atoms with Gasteiger partial charge in [0, 0.05) is 5.02 Å². The highest BCUT2D eigenvalue weighted by atomic mass is 35.5. The number of rotatable bonds is 2. The molecule has 0 amide bonds. The summed E-state index contributed by atoms with van der Waals surface area (Å²) in [6.07, 6.45) is 0. The van der Waals surface area contributed by atoms with Gasteiger partial charge in [0.05, 0.1) is 11.6 Å². The minimum atomic E-state index is -0.450. The van der Waals surface area contributed by atoms with Crippen molar-refractivity contribution in [1.29, 1.82) is 5.26 Å². The first-order valence-corrected chi connectivity index (χ1v) is 5.61. The molecule has 0 bridgehead atoms. The summed E-state index contributed by atoms with van der Waals surface area (Å²) in [5.41, 5.74) is 1.04. The molecule has 0 aliphatic heterocycles. The van der Waals surface area contributed by atoms with Crippen LogP contribution in [0.25, 0.3) is 0 Å². The summed E-state index contributed by atoms with van der Waals surface area (Å²) in [5.74, 6) is 0.0318. The van der Waals surface area contributed by atoms with Crippen molar-refractivity contribution < 1.29 is 9.13 Å². The van der Waals surface area contributed by atoms with Crippen molar-refractivity contribution in [2.75, 3.05) is 0 Å². The first-order valence-electron chi connectivity index (χ1n) is 5.24. The molecule has 0 saturated heterocycles. The predicted octanol–water partition coefficient (Wildman–Crippen LogP) is 4.45. The Kier molecular flexibility index (Phi) is 3.50. The lowest BCUT2D eigenvalue weighted by molar-refractivity contribution is 0.438. The molecule has 0 aliphatic carbocycles. The Hall–Kier alpha value is -2.05. The van der Waals surface area contributed by atoms with Gasteiger partial charge >= 0.3 is 0 Å².